The Morgan fingerprint density at radius 3 is 2.86 bits per heavy atom. The Bertz CT molecular complexity index is 669. The number of nitriles is 1. The second-order valence-electron chi connectivity index (χ2n) is 5.21. The zero-order chi connectivity index (χ0) is 15.6. The van der Waals surface area contributed by atoms with Gasteiger partial charge in [0, 0.05) is 19.1 Å². The third kappa shape index (κ3) is 2.93. The molecular formula is C14H18FN3O2S. The van der Waals surface area contributed by atoms with E-state index in [0.29, 0.717) is 19.5 Å². The topological polar surface area (TPSA) is 87.2 Å². The number of piperidine rings is 1. The number of sulfonamides is 1. The van der Waals surface area contributed by atoms with Crippen LogP contribution in [0.2, 0.25) is 0 Å². The second-order valence-corrected chi connectivity index (χ2v) is 7.12. The van der Waals surface area contributed by atoms with E-state index in [-0.39, 0.29) is 16.9 Å². The molecule has 0 saturated carbocycles. The molecule has 5 nitrogen and oxygen atoms in total. The maximum absolute atomic E-state index is 13.6. The highest BCUT2D eigenvalue weighted by atomic mass is 32.2. The first-order valence-corrected chi connectivity index (χ1v) is 8.30. The molecule has 1 aliphatic heterocycles. The van der Waals surface area contributed by atoms with Crippen LogP contribution in [0.25, 0.3) is 0 Å². The van der Waals surface area contributed by atoms with Gasteiger partial charge >= 0.3 is 0 Å². The normalized spacial score (nSPS) is 23.7. The average molecular weight is 311 g/mol. The fraction of sp³-hybridized carbons (Fsp3) is 0.500. The molecule has 114 valence electrons. The fourth-order valence-corrected chi connectivity index (χ4v) is 4.30. The summed E-state index contributed by atoms with van der Waals surface area (Å²) in [6, 6.07) is 5.27. The molecule has 1 saturated heterocycles. The van der Waals surface area contributed by atoms with Gasteiger partial charge in [-0.05, 0) is 24.5 Å². The molecule has 21 heavy (non-hydrogen) atoms. The van der Waals surface area contributed by atoms with Gasteiger partial charge < -0.3 is 5.73 Å². The van der Waals surface area contributed by atoms with Gasteiger partial charge in [-0.25, -0.2) is 12.8 Å². The van der Waals surface area contributed by atoms with E-state index in [2.05, 4.69) is 0 Å². The lowest BCUT2D eigenvalue weighted by Gasteiger charge is -2.35. The van der Waals surface area contributed by atoms with Crippen LogP contribution in [0.15, 0.2) is 23.1 Å². The molecule has 0 aliphatic carbocycles. The summed E-state index contributed by atoms with van der Waals surface area (Å²) in [5.41, 5.74) is 5.55. The van der Waals surface area contributed by atoms with Crippen molar-refractivity contribution in [1.82, 2.24) is 4.31 Å². The summed E-state index contributed by atoms with van der Waals surface area (Å²) in [4.78, 5) is -0.268. The molecule has 1 heterocycles. The molecule has 2 atom stereocenters. The summed E-state index contributed by atoms with van der Waals surface area (Å²) in [7, 11) is -3.88. The van der Waals surface area contributed by atoms with E-state index in [1.165, 1.54) is 16.4 Å². The Labute approximate surface area is 124 Å². The number of nitrogens with zero attached hydrogens (tertiary/aromatic N) is 2. The van der Waals surface area contributed by atoms with Crippen molar-refractivity contribution in [2.24, 2.45) is 11.7 Å². The SMILES string of the molecule is CCC1CN(S(=O)(=O)c2cccc(F)c2C#N)CCC1N. The Morgan fingerprint density at radius 2 is 2.24 bits per heavy atom. The van der Waals surface area contributed by atoms with E-state index < -0.39 is 21.4 Å². The summed E-state index contributed by atoms with van der Waals surface area (Å²) in [6.07, 6.45) is 1.34. The van der Waals surface area contributed by atoms with Crippen LogP contribution >= 0.6 is 0 Å². The van der Waals surface area contributed by atoms with E-state index in [9.17, 15) is 12.8 Å². The molecule has 1 fully saturated rings. The number of hydrogen-bond donors (Lipinski definition) is 1. The summed E-state index contributed by atoms with van der Waals surface area (Å²) in [6.45, 7) is 2.56. The van der Waals surface area contributed by atoms with E-state index in [1.54, 1.807) is 6.07 Å². The smallest absolute Gasteiger partial charge is 0.244 e. The lowest BCUT2D eigenvalue weighted by Crippen LogP contribution is -2.49. The standard InChI is InChI=1S/C14H18FN3O2S/c1-2-10-9-18(7-6-13(10)17)21(19,20)14-5-3-4-12(15)11(14)8-16/h3-5,10,13H,2,6-7,9,17H2,1H3. The van der Waals surface area contributed by atoms with E-state index in [4.69, 9.17) is 11.0 Å². The number of nitrogens with two attached hydrogens (primary N) is 1. The molecule has 0 spiro atoms. The van der Waals surface area contributed by atoms with Crippen molar-refractivity contribution < 1.29 is 12.8 Å². The first-order chi connectivity index (χ1) is 9.91. The quantitative estimate of drug-likeness (QED) is 0.915. The maximum Gasteiger partial charge on any atom is 0.244 e. The van der Waals surface area contributed by atoms with Crippen molar-refractivity contribution in [1.29, 1.82) is 5.26 Å². The van der Waals surface area contributed by atoms with Gasteiger partial charge in [0.1, 0.15) is 22.3 Å². The molecule has 1 aromatic rings. The third-order valence-electron chi connectivity index (χ3n) is 3.98. The van der Waals surface area contributed by atoms with Crippen molar-refractivity contribution >= 4 is 10.0 Å². The molecule has 2 rings (SSSR count). The highest BCUT2D eigenvalue weighted by Gasteiger charge is 2.34. The van der Waals surface area contributed by atoms with Gasteiger partial charge in [-0.2, -0.15) is 9.57 Å². The third-order valence-corrected chi connectivity index (χ3v) is 5.89. The largest absolute Gasteiger partial charge is 0.327 e. The predicted molar refractivity (Wildman–Crippen MR) is 76.2 cm³/mol. The molecule has 0 radical (unpaired) electrons. The Balaban J connectivity index is 2.40. The zero-order valence-corrected chi connectivity index (χ0v) is 12.6. The van der Waals surface area contributed by atoms with Gasteiger partial charge in [0.05, 0.1) is 0 Å². The predicted octanol–water partition coefficient (Wildman–Crippen LogP) is 1.45. The van der Waals surface area contributed by atoms with Crippen LogP contribution in [0.1, 0.15) is 25.3 Å². The summed E-state index contributed by atoms with van der Waals surface area (Å²) in [5.74, 6) is -0.744. The fourth-order valence-electron chi connectivity index (χ4n) is 2.63. The van der Waals surface area contributed by atoms with Crippen molar-refractivity contribution in [3.63, 3.8) is 0 Å². The van der Waals surface area contributed by atoms with Gasteiger partial charge in [-0.1, -0.05) is 19.4 Å². The van der Waals surface area contributed by atoms with Crippen LogP contribution in [-0.2, 0) is 10.0 Å². The van der Waals surface area contributed by atoms with Crippen LogP contribution in [0.5, 0.6) is 0 Å². The summed E-state index contributed by atoms with van der Waals surface area (Å²) >= 11 is 0. The average Bonchev–Trinajstić information content (AvgIpc) is 2.47. The van der Waals surface area contributed by atoms with Gasteiger partial charge in [0.25, 0.3) is 0 Å². The second kappa shape index (κ2) is 6.10. The molecule has 0 amide bonds. The monoisotopic (exact) mass is 311 g/mol. The summed E-state index contributed by atoms with van der Waals surface area (Å²) in [5, 5.41) is 9.01. The molecule has 2 unspecified atom stereocenters. The van der Waals surface area contributed by atoms with E-state index >= 15 is 0 Å². The maximum atomic E-state index is 13.6. The first-order valence-electron chi connectivity index (χ1n) is 6.86. The van der Waals surface area contributed by atoms with Crippen molar-refractivity contribution in [2.45, 2.75) is 30.7 Å². The minimum Gasteiger partial charge on any atom is -0.327 e. The molecule has 7 heteroatoms. The Kier molecular flexibility index (Phi) is 4.61. The van der Waals surface area contributed by atoms with E-state index in [0.717, 1.165) is 12.5 Å². The molecule has 2 N–H and O–H groups in total. The molecule has 0 bridgehead atoms. The van der Waals surface area contributed by atoms with Crippen LogP contribution in [0.3, 0.4) is 0 Å². The highest BCUT2D eigenvalue weighted by molar-refractivity contribution is 7.89. The highest BCUT2D eigenvalue weighted by Crippen LogP contribution is 2.27. The van der Waals surface area contributed by atoms with Crippen LogP contribution in [-0.4, -0.2) is 31.9 Å². The van der Waals surface area contributed by atoms with Gasteiger partial charge in [-0.15, -0.1) is 0 Å². The Hall–Kier alpha value is -1.49. The number of rotatable bonds is 3. The lowest BCUT2D eigenvalue weighted by molar-refractivity contribution is 0.230. The molecule has 1 aliphatic rings. The number of hydrogen-bond acceptors (Lipinski definition) is 4. The Morgan fingerprint density at radius 1 is 1.52 bits per heavy atom. The van der Waals surface area contributed by atoms with E-state index in [1.807, 2.05) is 6.92 Å². The zero-order valence-electron chi connectivity index (χ0n) is 11.8. The van der Waals surface area contributed by atoms with Gasteiger partial charge in [0.2, 0.25) is 10.0 Å². The first kappa shape index (κ1) is 15.9. The number of halogens is 1. The lowest BCUT2D eigenvalue weighted by atomic mass is 9.92. The van der Waals surface area contributed by atoms with Crippen molar-refractivity contribution in [3.05, 3.63) is 29.6 Å². The van der Waals surface area contributed by atoms with Gasteiger partial charge in [0.15, 0.2) is 0 Å². The van der Waals surface area contributed by atoms with Crippen LogP contribution < -0.4 is 5.73 Å². The summed E-state index contributed by atoms with van der Waals surface area (Å²) < 4.78 is 40.2. The van der Waals surface area contributed by atoms with Gasteiger partial charge in [-0.3, -0.25) is 0 Å². The van der Waals surface area contributed by atoms with Crippen molar-refractivity contribution in [3.8, 4) is 6.07 Å². The van der Waals surface area contributed by atoms with Crippen LogP contribution in [0, 0.1) is 23.1 Å². The minimum atomic E-state index is -3.88. The minimum absolute atomic E-state index is 0.0237. The van der Waals surface area contributed by atoms with Crippen molar-refractivity contribution in [2.75, 3.05) is 13.1 Å². The number of benzene rings is 1. The molecule has 1 aromatic carbocycles. The molecule has 0 aromatic heterocycles. The van der Waals surface area contributed by atoms with Crippen LogP contribution in [0.4, 0.5) is 4.39 Å². The molecular weight excluding hydrogens is 293 g/mol.